The van der Waals surface area contributed by atoms with E-state index in [9.17, 15) is 5.11 Å². The third-order valence-corrected chi connectivity index (χ3v) is 2.42. The van der Waals surface area contributed by atoms with E-state index in [2.05, 4.69) is 11.8 Å². The van der Waals surface area contributed by atoms with Gasteiger partial charge in [0, 0.05) is 19.2 Å². The molecule has 1 fully saturated rings. The Morgan fingerprint density at radius 2 is 2.23 bits per heavy atom. The summed E-state index contributed by atoms with van der Waals surface area (Å²) >= 11 is 0. The molecule has 0 aliphatic carbocycles. The molecule has 1 N–H and O–H groups in total. The highest BCUT2D eigenvalue weighted by atomic mass is 16.5. The third-order valence-electron chi connectivity index (χ3n) is 2.42. The first-order valence-corrected chi connectivity index (χ1v) is 5.07. The molecule has 13 heavy (non-hydrogen) atoms. The van der Waals surface area contributed by atoms with Crippen LogP contribution in [0, 0.1) is 0 Å². The molecule has 1 rings (SSSR count). The number of likely N-dealkylation sites (N-methyl/N-ethyl adjacent to an activating group) is 1. The van der Waals surface area contributed by atoms with Crippen molar-refractivity contribution in [3.8, 4) is 0 Å². The van der Waals surface area contributed by atoms with Gasteiger partial charge in [-0.3, -0.25) is 4.90 Å². The second-order valence-corrected chi connectivity index (χ2v) is 4.39. The lowest BCUT2D eigenvalue weighted by molar-refractivity contribution is 0.0205. The second-order valence-electron chi connectivity index (χ2n) is 4.39. The molecule has 0 spiro atoms. The fraction of sp³-hybridized carbons (Fsp3) is 1.00. The summed E-state index contributed by atoms with van der Waals surface area (Å²) in [5.74, 6) is 0. The zero-order chi connectivity index (χ0) is 9.90. The van der Waals surface area contributed by atoms with Crippen molar-refractivity contribution >= 4 is 0 Å². The minimum absolute atomic E-state index is 0.511. The zero-order valence-electron chi connectivity index (χ0n) is 8.92. The summed E-state index contributed by atoms with van der Waals surface area (Å²) in [5.41, 5.74) is -0.599. The normalized spacial score (nSPS) is 24.2. The summed E-state index contributed by atoms with van der Waals surface area (Å²) in [6.07, 6.45) is 1.10. The summed E-state index contributed by atoms with van der Waals surface area (Å²) < 4.78 is 5.33. The fourth-order valence-corrected chi connectivity index (χ4v) is 1.81. The van der Waals surface area contributed by atoms with Crippen LogP contribution in [0.25, 0.3) is 0 Å². The summed E-state index contributed by atoms with van der Waals surface area (Å²) in [4.78, 5) is 2.30. The Hall–Kier alpha value is -0.120. The monoisotopic (exact) mass is 187 g/mol. The average Bonchev–Trinajstić information content (AvgIpc) is 2.50. The second kappa shape index (κ2) is 4.40. The van der Waals surface area contributed by atoms with Gasteiger partial charge in [-0.05, 0) is 26.8 Å². The minimum atomic E-state index is -0.599. The van der Waals surface area contributed by atoms with E-state index in [-0.39, 0.29) is 0 Å². The van der Waals surface area contributed by atoms with Crippen molar-refractivity contribution in [3.63, 3.8) is 0 Å². The van der Waals surface area contributed by atoms with Gasteiger partial charge in [0.2, 0.25) is 0 Å². The summed E-state index contributed by atoms with van der Waals surface area (Å²) in [6, 6.07) is 0.511. The minimum Gasteiger partial charge on any atom is -0.389 e. The first-order valence-electron chi connectivity index (χ1n) is 5.07. The van der Waals surface area contributed by atoms with E-state index in [0.29, 0.717) is 6.04 Å². The molecule has 78 valence electrons. The van der Waals surface area contributed by atoms with Crippen LogP contribution >= 0.6 is 0 Å². The number of hydrogen-bond donors (Lipinski definition) is 1. The molecule has 1 saturated heterocycles. The molecule has 0 bridgehead atoms. The maximum Gasteiger partial charge on any atom is 0.0718 e. The first-order chi connectivity index (χ1) is 6.03. The first kappa shape index (κ1) is 11.0. The zero-order valence-corrected chi connectivity index (χ0v) is 8.92. The van der Waals surface area contributed by atoms with Gasteiger partial charge in [-0.15, -0.1) is 0 Å². The van der Waals surface area contributed by atoms with Crippen molar-refractivity contribution in [2.45, 2.75) is 38.8 Å². The summed E-state index contributed by atoms with van der Waals surface area (Å²) in [7, 11) is 0. The predicted octanol–water partition coefficient (Wildman–Crippen LogP) is 0.868. The van der Waals surface area contributed by atoms with E-state index < -0.39 is 5.60 Å². The lowest BCUT2D eigenvalue weighted by atomic mass is 10.1. The number of ether oxygens (including phenoxy) is 1. The van der Waals surface area contributed by atoms with Crippen LogP contribution in [0.3, 0.4) is 0 Å². The van der Waals surface area contributed by atoms with E-state index in [1.165, 1.54) is 0 Å². The lowest BCUT2D eigenvalue weighted by Crippen LogP contribution is -2.44. The van der Waals surface area contributed by atoms with Crippen molar-refractivity contribution in [2.24, 2.45) is 0 Å². The number of rotatable bonds is 4. The molecule has 1 unspecified atom stereocenters. The SMILES string of the molecule is CCN(CC(C)(C)O)C1CCOC1. The molecular formula is C10H21NO2. The van der Waals surface area contributed by atoms with Crippen LogP contribution in [0.15, 0.2) is 0 Å². The smallest absolute Gasteiger partial charge is 0.0718 e. The molecule has 0 amide bonds. The molecule has 0 aromatic rings. The Morgan fingerprint density at radius 3 is 2.62 bits per heavy atom. The largest absolute Gasteiger partial charge is 0.389 e. The fourth-order valence-electron chi connectivity index (χ4n) is 1.81. The molecule has 0 saturated carbocycles. The van der Waals surface area contributed by atoms with E-state index >= 15 is 0 Å². The summed E-state index contributed by atoms with van der Waals surface area (Å²) in [5, 5.41) is 9.70. The predicted molar refractivity (Wildman–Crippen MR) is 52.8 cm³/mol. The van der Waals surface area contributed by atoms with Gasteiger partial charge in [-0.1, -0.05) is 6.92 Å². The van der Waals surface area contributed by atoms with Gasteiger partial charge >= 0.3 is 0 Å². The van der Waals surface area contributed by atoms with Gasteiger partial charge in [0.05, 0.1) is 12.2 Å². The van der Waals surface area contributed by atoms with E-state index in [1.54, 1.807) is 0 Å². The topological polar surface area (TPSA) is 32.7 Å². The van der Waals surface area contributed by atoms with E-state index in [1.807, 2.05) is 13.8 Å². The maximum absolute atomic E-state index is 9.70. The Labute approximate surface area is 80.7 Å². The quantitative estimate of drug-likeness (QED) is 0.709. The van der Waals surface area contributed by atoms with Gasteiger partial charge in [-0.2, -0.15) is 0 Å². The lowest BCUT2D eigenvalue weighted by Gasteiger charge is -2.31. The van der Waals surface area contributed by atoms with Gasteiger partial charge in [0.15, 0.2) is 0 Å². The molecule has 1 heterocycles. The van der Waals surface area contributed by atoms with Crippen molar-refractivity contribution in [1.82, 2.24) is 4.90 Å². The molecule has 3 nitrogen and oxygen atoms in total. The highest BCUT2D eigenvalue weighted by molar-refractivity contribution is 4.80. The van der Waals surface area contributed by atoms with Crippen LogP contribution in [0.1, 0.15) is 27.2 Å². The Kier molecular flexibility index (Phi) is 3.71. The number of hydrogen-bond acceptors (Lipinski definition) is 3. The molecular weight excluding hydrogens is 166 g/mol. The Balaban J connectivity index is 2.42. The summed E-state index contributed by atoms with van der Waals surface area (Å²) in [6.45, 7) is 9.24. The highest BCUT2D eigenvalue weighted by Gasteiger charge is 2.26. The molecule has 1 aliphatic rings. The van der Waals surface area contributed by atoms with Crippen LogP contribution in [0.5, 0.6) is 0 Å². The van der Waals surface area contributed by atoms with E-state index in [4.69, 9.17) is 4.74 Å². The van der Waals surface area contributed by atoms with Gasteiger partial charge in [0.1, 0.15) is 0 Å². The molecule has 0 radical (unpaired) electrons. The van der Waals surface area contributed by atoms with Crippen molar-refractivity contribution in [1.29, 1.82) is 0 Å². The van der Waals surface area contributed by atoms with Crippen molar-refractivity contribution < 1.29 is 9.84 Å². The molecule has 3 heteroatoms. The van der Waals surface area contributed by atoms with Crippen molar-refractivity contribution in [2.75, 3.05) is 26.3 Å². The third kappa shape index (κ3) is 3.63. The van der Waals surface area contributed by atoms with Crippen LogP contribution < -0.4 is 0 Å². The van der Waals surface area contributed by atoms with Gasteiger partial charge in [-0.25, -0.2) is 0 Å². The molecule has 1 aliphatic heterocycles. The standard InChI is InChI=1S/C10H21NO2/c1-4-11(8-10(2,3)12)9-5-6-13-7-9/h9,12H,4-8H2,1-3H3. The maximum atomic E-state index is 9.70. The van der Waals surface area contributed by atoms with Crippen LogP contribution in [-0.4, -0.2) is 48.0 Å². The Bertz CT molecular complexity index is 147. The molecule has 0 aromatic heterocycles. The molecule has 0 aromatic carbocycles. The van der Waals surface area contributed by atoms with Crippen LogP contribution in [0.2, 0.25) is 0 Å². The van der Waals surface area contributed by atoms with E-state index in [0.717, 1.165) is 32.7 Å². The number of aliphatic hydroxyl groups is 1. The number of nitrogens with zero attached hydrogens (tertiary/aromatic N) is 1. The molecule has 1 atom stereocenters. The van der Waals surface area contributed by atoms with Gasteiger partial charge in [0.25, 0.3) is 0 Å². The highest BCUT2D eigenvalue weighted by Crippen LogP contribution is 2.15. The van der Waals surface area contributed by atoms with Gasteiger partial charge < -0.3 is 9.84 Å². The van der Waals surface area contributed by atoms with Crippen LogP contribution in [0.4, 0.5) is 0 Å². The van der Waals surface area contributed by atoms with Crippen LogP contribution in [-0.2, 0) is 4.74 Å². The van der Waals surface area contributed by atoms with Crippen molar-refractivity contribution in [3.05, 3.63) is 0 Å². The Morgan fingerprint density at radius 1 is 1.54 bits per heavy atom. The average molecular weight is 187 g/mol.